The minimum Gasteiger partial charge on any atom is -0.493 e. The zero-order valence-electron chi connectivity index (χ0n) is 26.7. The second-order valence-electron chi connectivity index (χ2n) is 12.1. The van der Waals surface area contributed by atoms with E-state index in [-0.39, 0.29) is 13.2 Å². The molecule has 2 aliphatic heterocycles. The normalized spacial score (nSPS) is 17.2. The zero-order chi connectivity index (χ0) is 32.8. The molecule has 0 N–H and O–H groups in total. The molecule has 9 heteroatoms. The summed E-state index contributed by atoms with van der Waals surface area (Å²) in [7, 11) is 0. The number of hydrogen-bond acceptors (Lipinski definition) is 8. The first-order chi connectivity index (χ1) is 22.9. The van der Waals surface area contributed by atoms with Crippen LogP contribution in [0.15, 0.2) is 67.0 Å². The fourth-order valence-electron chi connectivity index (χ4n) is 6.52. The van der Waals surface area contributed by atoms with Crippen LogP contribution in [0.1, 0.15) is 57.4 Å². The van der Waals surface area contributed by atoms with Crippen molar-refractivity contribution < 1.29 is 23.7 Å². The molecular weight excluding hydrogens is 614 g/mol. The van der Waals surface area contributed by atoms with Crippen LogP contribution in [0.3, 0.4) is 0 Å². The van der Waals surface area contributed by atoms with Crippen LogP contribution in [-0.2, 0) is 18.0 Å². The molecule has 2 fully saturated rings. The molecule has 47 heavy (non-hydrogen) atoms. The van der Waals surface area contributed by atoms with Gasteiger partial charge in [-0.15, -0.1) is 0 Å². The Morgan fingerprint density at radius 1 is 0.936 bits per heavy atom. The molecule has 0 radical (unpaired) electrons. The molecule has 2 saturated heterocycles. The molecular formula is C38H38ClN3O5. The third-order valence-corrected chi connectivity index (χ3v) is 9.42. The predicted octanol–water partition coefficient (Wildman–Crippen LogP) is 7.49. The van der Waals surface area contributed by atoms with Crippen molar-refractivity contribution in [3.05, 3.63) is 105 Å². The topological polar surface area (TPSA) is 93.9 Å². The van der Waals surface area contributed by atoms with E-state index in [2.05, 4.69) is 41.9 Å². The highest BCUT2D eigenvalue weighted by Crippen LogP contribution is 2.36. The molecule has 0 spiro atoms. The van der Waals surface area contributed by atoms with Gasteiger partial charge in [0.2, 0.25) is 0 Å². The number of carbonyl (C=O) groups excluding carboxylic acids is 1. The van der Waals surface area contributed by atoms with E-state index in [1.54, 1.807) is 18.3 Å². The Balaban J connectivity index is 1.11. The molecule has 4 aromatic rings. The Bertz CT molecular complexity index is 1770. The van der Waals surface area contributed by atoms with E-state index in [0.717, 1.165) is 59.7 Å². The van der Waals surface area contributed by atoms with Crippen molar-refractivity contribution in [2.45, 2.75) is 58.4 Å². The number of nitrogens with zero attached hydrogens (tertiary/aromatic N) is 3. The van der Waals surface area contributed by atoms with Gasteiger partial charge in [0, 0.05) is 42.7 Å². The predicted molar refractivity (Wildman–Crippen MR) is 180 cm³/mol. The Labute approximate surface area is 280 Å². The quantitative estimate of drug-likeness (QED) is 0.108. The first-order valence-electron chi connectivity index (χ1n) is 16.0. The summed E-state index contributed by atoms with van der Waals surface area (Å²) in [6, 6.07) is 20.4. The molecule has 6 rings (SSSR count). The Hall–Kier alpha value is -4.42. The lowest BCUT2D eigenvalue weighted by atomic mass is 9.93. The number of rotatable bonds is 13. The third-order valence-electron chi connectivity index (χ3n) is 9.12. The van der Waals surface area contributed by atoms with Gasteiger partial charge in [0.15, 0.2) is 6.29 Å². The van der Waals surface area contributed by atoms with Crippen LogP contribution >= 0.6 is 11.6 Å². The van der Waals surface area contributed by atoms with Crippen molar-refractivity contribution in [1.29, 1.82) is 5.26 Å². The van der Waals surface area contributed by atoms with Gasteiger partial charge in [-0.1, -0.05) is 41.9 Å². The molecule has 242 valence electrons. The van der Waals surface area contributed by atoms with E-state index in [1.807, 2.05) is 24.3 Å². The molecule has 0 aliphatic carbocycles. The summed E-state index contributed by atoms with van der Waals surface area (Å²) in [5, 5.41) is 9.46. The van der Waals surface area contributed by atoms with Gasteiger partial charge in [-0.05, 0) is 79.1 Å². The van der Waals surface area contributed by atoms with Crippen LogP contribution in [0.5, 0.6) is 17.2 Å². The molecule has 2 aliphatic rings. The smallest absolute Gasteiger partial charge is 0.153 e. The van der Waals surface area contributed by atoms with Crippen molar-refractivity contribution >= 4 is 17.9 Å². The summed E-state index contributed by atoms with van der Waals surface area (Å²) in [6.07, 6.45) is 7.25. The van der Waals surface area contributed by atoms with Gasteiger partial charge in [-0.2, -0.15) is 5.26 Å². The standard InChI is InChI=1S/C38H38ClN3O5/c1-25-29(22-47-38-16-37(30(20-43)15-35(38)39)46-21-28-14-27(17-40)18-41-19-28)6-3-7-33(25)34-8-4-9-36(26(34)2)45-13-5-12-42-31-10-11-32(42)24-44-23-31/h3-4,6-9,14-16,18-20,31-32H,5,10-13,21-24H2,1-2H3/t31-,32+. The monoisotopic (exact) mass is 651 g/mol. The lowest BCUT2D eigenvalue weighted by Gasteiger charge is -2.34. The molecule has 3 heterocycles. The lowest BCUT2D eigenvalue weighted by Crippen LogP contribution is -2.46. The maximum absolute atomic E-state index is 11.8. The molecule has 8 nitrogen and oxygen atoms in total. The SMILES string of the molecule is Cc1c(COc2cc(OCc3cncc(C#N)c3)c(C=O)cc2Cl)cccc1-c1cccc(OCCCN2[C@@H]3CC[C@H]2COC3)c1C. The number of fused-ring (bicyclic) bond motifs is 2. The summed E-state index contributed by atoms with van der Waals surface area (Å²) in [6.45, 7) is 8.03. The molecule has 2 atom stereocenters. The van der Waals surface area contributed by atoms with Crippen LogP contribution in [-0.4, -0.2) is 54.6 Å². The van der Waals surface area contributed by atoms with E-state index in [4.69, 9.17) is 35.8 Å². The molecule has 2 bridgehead atoms. The van der Waals surface area contributed by atoms with Gasteiger partial charge in [-0.25, -0.2) is 0 Å². The lowest BCUT2D eigenvalue weighted by molar-refractivity contribution is -0.0160. The van der Waals surface area contributed by atoms with Crippen LogP contribution in [0.25, 0.3) is 11.1 Å². The van der Waals surface area contributed by atoms with Gasteiger partial charge < -0.3 is 18.9 Å². The maximum Gasteiger partial charge on any atom is 0.153 e. The third kappa shape index (κ3) is 7.44. The average Bonchev–Trinajstić information content (AvgIpc) is 3.30. The van der Waals surface area contributed by atoms with Crippen LogP contribution in [0.4, 0.5) is 0 Å². The number of morpholine rings is 1. The fourth-order valence-corrected chi connectivity index (χ4v) is 6.75. The minimum atomic E-state index is 0.127. The minimum absolute atomic E-state index is 0.127. The zero-order valence-corrected chi connectivity index (χ0v) is 27.5. The first kappa shape index (κ1) is 32.5. The van der Waals surface area contributed by atoms with Crippen LogP contribution < -0.4 is 14.2 Å². The number of benzene rings is 3. The Kier molecular flexibility index (Phi) is 10.4. The molecule has 0 unspecified atom stereocenters. The van der Waals surface area contributed by atoms with E-state index < -0.39 is 0 Å². The number of aromatic nitrogens is 1. The van der Waals surface area contributed by atoms with E-state index >= 15 is 0 Å². The van der Waals surface area contributed by atoms with Gasteiger partial charge in [0.25, 0.3) is 0 Å². The highest BCUT2D eigenvalue weighted by molar-refractivity contribution is 6.32. The summed E-state index contributed by atoms with van der Waals surface area (Å²) >= 11 is 6.51. The first-order valence-corrected chi connectivity index (χ1v) is 16.4. The number of nitriles is 1. The highest BCUT2D eigenvalue weighted by atomic mass is 35.5. The number of aldehydes is 1. The number of carbonyl (C=O) groups is 1. The Morgan fingerprint density at radius 3 is 2.45 bits per heavy atom. The van der Waals surface area contributed by atoms with E-state index in [9.17, 15) is 4.79 Å². The molecule has 0 amide bonds. The maximum atomic E-state index is 11.8. The molecule has 3 aromatic carbocycles. The van der Waals surface area contributed by atoms with Gasteiger partial charge in [0.05, 0.1) is 36.0 Å². The number of ether oxygens (including phenoxy) is 4. The van der Waals surface area contributed by atoms with Crippen molar-refractivity contribution in [1.82, 2.24) is 9.88 Å². The van der Waals surface area contributed by atoms with E-state index in [1.165, 1.54) is 25.1 Å². The van der Waals surface area contributed by atoms with Crippen LogP contribution in [0.2, 0.25) is 5.02 Å². The van der Waals surface area contributed by atoms with Crippen molar-refractivity contribution in [2.24, 2.45) is 0 Å². The second-order valence-corrected chi connectivity index (χ2v) is 12.5. The number of pyridine rings is 1. The largest absolute Gasteiger partial charge is 0.493 e. The fraction of sp³-hybridized carbons (Fsp3) is 0.342. The van der Waals surface area contributed by atoms with Gasteiger partial charge in [-0.3, -0.25) is 14.7 Å². The second kappa shape index (κ2) is 15.0. The summed E-state index contributed by atoms with van der Waals surface area (Å²) < 4.78 is 24.1. The van der Waals surface area contributed by atoms with Crippen molar-refractivity contribution in [2.75, 3.05) is 26.4 Å². The molecule has 0 saturated carbocycles. The number of halogens is 1. The highest BCUT2D eigenvalue weighted by Gasteiger charge is 2.36. The summed E-state index contributed by atoms with van der Waals surface area (Å²) in [5.41, 5.74) is 6.87. The van der Waals surface area contributed by atoms with Gasteiger partial charge in [0.1, 0.15) is 36.5 Å². The summed E-state index contributed by atoms with van der Waals surface area (Å²) in [5.74, 6) is 1.63. The van der Waals surface area contributed by atoms with Crippen LogP contribution in [0, 0.1) is 25.2 Å². The molecule has 1 aromatic heterocycles. The van der Waals surface area contributed by atoms with Crippen molar-refractivity contribution in [3.63, 3.8) is 0 Å². The number of hydrogen-bond donors (Lipinski definition) is 0. The van der Waals surface area contributed by atoms with Crippen molar-refractivity contribution in [3.8, 4) is 34.4 Å². The van der Waals surface area contributed by atoms with Gasteiger partial charge >= 0.3 is 0 Å². The average molecular weight is 652 g/mol. The Morgan fingerprint density at radius 2 is 1.68 bits per heavy atom. The summed E-state index contributed by atoms with van der Waals surface area (Å²) in [4.78, 5) is 18.4. The van der Waals surface area contributed by atoms with E-state index in [0.29, 0.717) is 58.2 Å².